The van der Waals surface area contributed by atoms with Crippen molar-refractivity contribution in [2.24, 2.45) is 0 Å². The SMILES string of the molecule is CS(=O)(=O)c1ccc2c(c1)CCN2c1nccc(OC2CCN(C(=O)CCC(F)(F)F)CC2)n1. The van der Waals surface area contributed by atoms with E-state index in [1.165, 1.54) is 11.2 Å². The number of ether oxygens (including phenoxy) is 1. The van der Waals surface area contributed by atoms with Gasteiger partial charge in [-0.05, 0) is 30.2 Å². The largest absolute Gasteiger partial charge is 0.474 e. The number of halogens is 3. The number of rotatable bonds is 6. The van der Waals surface area contributed by atoms with Crippen molar-refractivity contribution in [3.63, 3.8) is 0 Å². The predicted octanol–water partition coefficient (Wildman–Crippen LogP) is 3.29. The fraction of sp³-hybridized carbons (Fsp3) is 0.500. The van der Waals surface area contributed by atoms with Crippen molar-refractivity contribution in [3.8, 4) is 5.88 Å². The van der Waals surface area contributed by atoms with Gasteiger partial charge in [0.05, 0.1) is 11.3 Å². The summed E-state index contributed by atoms with van der Waals surface area (Å²) in [5, 5.41) is 0. The van der Waals surface area contributed by atoms with Gasteiger partial charge in [0.1, 0.15) is 6.10 Å². The van der Waals surface area contributed by atoms with Crippen LogP contribution in [0.1, 0.15) is 31.2 Å². The number of aromatic nitrogens is 2. The molecular weight excluding hydrogens is 473 g/mol. The van der Waals surface area contributed by atoms with E-state index in [1.54, 1.807) is 30.5 Å². The molecule has 1 fully saturated rings. The standard InChI is InChI=1S/C22H25F3N4O4S/c1-34(31,32)17-2-3-18-15(14-17)6-13-29(18)21-26-10-5-19(27-21)33-16-7-11-28(12-8-16)20(30)4-9-22(23,24)25/h2-3,5,10,14,16H,4,6-9,11-13H2,1H3. The molecule has 12 heteroatoms. The average molecular weight is 499 g/mol. The number of likely N-dealkylation sites (tertiary alicyclic amines) is 1. The number of nitrogens with zero attached hydrogens (tertiary/aromatic N) is 4. The summed E-state index contributed by atoms with van der Waals surface area (Å²) in [6.07, 6.45) is -1.78. The highest BCUT2D eigenvalue weighted by Crippen LogP contribution is 2.34. The van der Waals surface area contributed by atoms with E-state index in [0.717, 1.165) is 11.3 Å². The number of amides is 1. The van der Waals surface area contributed by atoms with Crippen molar-refractivity contribution in [1.82, 2.24) is 14.9 Å². The molecule has 1 amide bonds. The lowest BCUT2D eigenvalue weighted by Gasteiger charge is -2.32. The molecule has 0 radical (unpaired) electrons. The van der Waals surface area contributed by atoms with Gasteiger partial charge in [-0.2, -0.15) is 18.2 Å². The molecule has 8 nitrogen and oxygen atoms in total. The predicted molar refractivity (Wildman–Crippen MR) is 118 cm³/mol. The van der Waals surface area contributed by atoms with Gasteiger partial charge in [0.15, 0.2) is 9.84 Å². The summed E-state index contributed by atoms with van der Waals surface area (Å²) >= 11 is 0. The van der Waals surface area contributed by atoms with Crippen LogP contribution < -0.4 is 9.64 Å². The molecule has 0 atom stereocenters. The Hall–Kier alpha value is -2.89. The Balaban J connectivity index is 1.36. The van der Waals surface area contributed by atoms with Crippen LogP contribution in [0.25, 0.3) is 0 Å². The average Bonchev–Trinajstić information content (AvgIpc) is 3.20. The fourth-order valence-corrected chi connectivity index (χ4v) is 4.82. The lowest BCUT2D eigenvalue weighted by molar-refractivity contribution is -0.150. The van der Waals surface area contributed by atoms with Crippen LogP contribution in [0.15, 0.2) is 35.4 Å². The quantitative estimate of drug-likeness (QED) is 0.604. The number of alkyl halides is 3. The van der Waals surface area contributed by atoms with Crippen LogP contribution in [0.4, 0.5) is 24.8 Å². The van der Waals surface area contributed by atoms with Gasteiger partial charge >= 0.3 is 6.18 Å². The van der Waals surface area contributed by atoms with Crippen LogP contribution >= 0.6 is 0 Å². The van der Waals surface area contributed by atoms with Crippen LogP contribution in [0.2, 0.25) is 0 Å². The number of carbonyl (C=O) groups is 1. The zero-order valence-corrected chi connectivity index (χ0v) is 19.4. The molecular formula is C22H25F3N4O4S. The second-order valence-corrected chi connectivity index (χ2v) is 10.5. The van der Waals surface area contributed by atoms with E-state index in [4.69, 9.17) is 4.74 Å². The van der Waals surface area contributed by atoms with Gasteiger partial charge in [-0.1, -0.05) is 0 Å². The van der Waals surface area contributed by atoms with Gasteiger partial charge in [-0.3, -0.25) is 4.79 Å². The Bertz CT molecular complexity index is 1160. The minimum absolute atomic E-state index is 0.211. The molecule has 3 heterocycles. The molecule has 1 saturated heterocycles. The molecule has 0 spiro atoms. The van der Waals surface area contributed by atoms with Crippen molar-refractivity contribution >= 4 is 27.4 Å². The third-order valence-electron chi connectivity index (χ3n) is 5.94. The van der Waals surface area contributed by atoms with Crippen molar-refractivity contribution < 1.29 is 31.1 Å². The third kappa shape index (κ3) is 5.78. The molecule has 0 N–H and O–H groups in total. The van der Waals surface area contributed by atoms with E-state index in [1.807, 2.05) is 4.90 Å². The first-order valence-electron chi connectivity index (χ1n) is 10.9. The molecule has 2 aliphatic heterocycles. The Morgan fingerprint density at radius 2 is 1.91 bits per heavy atom. The molecule has 4 rings (SSSR count). The van der Waals surface area contributed by atoms with E-state index in [2.05, 4.69) is 9.97 Å². The Labute approximate surface area is 195 Å². The number of hydrogen-bond acceptors (Lipinski definition) is 7. The zero-order chi connectivity index (χ0) is 24.5. The van der Waals surface area contributed by atoms with Gasteiger partial charge < -0.3 is 14.5 Å². The minimum Gasteiger partial charge on any atom is -0.474 e. The van der Waals surface area contributed by atoms with E-state index in [-0.39, 0.29) is 11.0 Å². The highest BCUT2D eigenvalue weighted by Gasteiger charge is 2.31. The number of anilines is 2. The summed E-state index contributed by atoms with van der Waals surface area (Å²) in [5.74, 6) is 0.308. The van der Waals surface area contributed by atoms with Crippen molar-refractivity contribution in [3.05, 3.63) is 36.0 Å². The normalized spacial score (nSPS) is 17.1. The van der Waals surface area contributed by atoms with E-state index in [9.17, 15) is 26.4 Å². The number of benzene rings is 1. The summed E-state index contributed by atoms with van der Waals surface area (Å²) in [7, 11) is -3.29. The number of sulfone groups is 1. The summed E-state index contributed by atoms with van der Waals surface area (Å²) in [5.41, 5.74) is 1.75. The summed E-state index contributed by atoms with van der Waals surface area (Å²) in [6.45, 7) is 1.27. The fourth-order valence-electron chi connectivity index (χ4n) is 4.15. The van der Waals surface area contributed by atoms with Crippen LogP contribution in [-0.2, 0) is 21.1 Å². The van der Waals surface area contributed by atoms with Crippen LogP contribution in [0.5, 0.6) is 5.88 Å². The van der Waals surface area contributed by atoms with E-state index >= 15 is 0 Å². The van der Waals surface area contributed by atoms with E-state index < -0.39 is 34.8 Å². The van der Waals surface area contributed by atoms with Gasteiger partial charge in [0.25, 0.3) is 0 Å². The molecule has 0 aliphatic carbocycles. The maximum atomic E-state index is 12.3. The Morgan fingerprint density at radius 1 is 1.18 bits per heavy atom. The monoisotopic (exact) mass is 498 g/mol. The molecule has 1 aromatic carbocycles. The number of fused-ring (bicyclic) bond motifs is 1. The first-order chi connectivity index (χ1) is 16.0. The molecule has 0 saturated carbocycles. The lowest BCUT2D eigenvalue weighted by Crippen LogP contribution is -2.42. The molecule has 0 bridgehead atoms. The van der Waals surface area contributed by atoms with Crippen molar-refractivity contribution in [2.45, 2.75) is 49.3 Å². The van der Waals surface area contributed by atoms with Gasteiger partial charge in [0, 0.05) is 63.1 Å². The second-order valence-electron chi connectivity index (χ2n) is 8.47. The minimum atomic E-state index is -4.34. The molecule has 184 valence electrons. The molecule has 0 unspecified atom stereocenters. The van der Waals surface area contributed by atoms with Gasteiger partial charge in [-0.15, -0.1) is 0 Å². The van der Waals surface area contributed by atoms with Crippen molar-refractivity contribution in [1.29, 1.82) is 0 Å². The first kappa shape index (κ1) is 24.2. The smallest absolute Gasteiger partial charge is 0.389 e. The topological polar surface area (TPSA) is 92.7 Å². The third-order valence-corrected chi connectivity index (χ3v) is 7.05. The number of piperidine rings is 1. The van der Waals surface area contributed by atoms with Crippen LogP contribution in [-0.4, -0.2) is 67.4 Å². The van der Waals surface area contributed by atoms with Crippen LogP contribution in [0, 0.1) is 0 Å². The molecule has 34 heavy (non-hydrogen) atoms. The highest BCUT2D eigenvalue weighted by atomic mass is 32.2. The summed E-state index contributed by atoms with van der Waals surface area (Å²) in [6, 6.07) is 6.63. The number of carbonyl (C=O) groups excluding carboxylic acids is 1. The molecule has 2 aliphatic rings. The zero-order valence-electron chi connectivity index (χ0n) is 18.6. The molecule has 2 aromatic rings. The second kappa shape index (κ2) is 9.40. The maximum Gasteiger partial charge on any atom is 0.389 e. The maximum absolute atomic E-state index is 12.3. The van der Waals surface area contributed by atoms with Gasteiger partial charge in [0.2, 0.25) is 17.7 Å². The van der Waals surface area contributed by atoms with Crippen LogP contribution in [0.3, 0.4) is 0 Å². The Morgan fingerprint density at radius 3 is 2.59 bits per heavy atom. The van der Waals surface area contributed by atoms with E-state index in [0.29, 0.717) is 50.7 Å². The van der Waals surface area contributed by atoms with Gasteiger partial charge in [-0.25, -0.2) is 13.4 Å². The number of hydrogen-bond donors (Lipinski definition) is 0. The summed E-state index contributed by atoms with van der Waals surface area (Å²) < 4.78 is 66.7. The lowest BCUT2D eigenvalue weighted by atomic mass is 10.1. The van der Waals surface area contributed by atoms with Crippen molar-refractivity contribution in [2.75, 3.05) is 30.8 Å². The first-order valence-corrected chi connectivity index (χ1v) is 12.8. The highest BCUT2D eigenvalue weighted by molar-refractivity contribution is 7.90. The Kier molecular flexibility index (Phi) is 6.70. The molecule has 1 aromatic heterocycles. The summed E-state index contributed by atoms with van der Waals surface area (Å²) in [4.78, 5) is 24.5.